The smallest absolute Gasteiger partial charge is 0.204 e. The number of hydrogen-bond donors (Lipinski definition) is 1. The standard InChI is InChI=1S/C26H25Cl2N5O/c27-22-13-19(14-23(28)15-22)17-34-24-7-4-12-33(25(24)20-5-2-1-3-6-20)16-18-8-10-21(11-9-18)26-29-31-32-30-26/h1-3,5-6,8-11,13-15,24-25H,4,7,12,16-17H2,(H,29,30,31,32)/t24-,25-/m0/s1. The zero-order valence-corrected chi connectivity index (χ0v) is 20.1. The van der Waals surface area contributed by atoms with Crippen LogP contribution in [0.2, 0.25) is 10.0 Å². The van der Waals surface area contributed by atoms with Crippen molar-refractivity contribution < 1.29 is 4.74 Å². The Balaban J connectivity index is 1.35. The van der Waals surface area contributed by atoms with Crippen molar-refractivity contribution in [2.24, 2.45) is 0 Å². The quantitative estimate of drug-likeness (QED) is 0.337. The number of rotatable bonds is 7. The molecule has 2 heterocycles. The molecule has 1 aliphatic heterocycles. The summed E-state index contributed by atoms with van der Waals surface area (Å²) in [7, 11) is 0. The Labute approximate surface area is 208 Å². The summed E-state index contributed by atoms with van der Waals surface area (Å²) >= 11 is 12.4. The van der Waals surface area contributed by atoms with Gasteiger partial charge in [0.15, 0.2) is 0 Å². The highest BCUT2D eigenvalue weighted by Gasteiger charge is 2.33. The van der Waals surface area contributed by atoms with Crippen molar-refractivity contribution in [1.82, 2.24) is 25.5 Å². The van der Waals surface area contributed by atoms with E-state index in [0.29, 0.717) is 22.5 Å². The van der Waals surface area contributed by atoms with Crippen molar-refractivity contribution >= 4 is 23.2 Å². The lowest BCUT2D eigenvalue weighted by atomic mass is 9.91. The molecule has 1 aromatic heterocycles. The molecule has 3 aromatic carbocycles. The Kier molecular flexibility index (Phi) is 7.21. The maximum atomic E-state index is 6.50. The van der Waals surface area contributed by atoms with Crippen LogP contribution in [0.25, 0.3) is 11.4 Å². The van der Waals surface area contributed by atoms with Gasteiger partial charge < -0.3 is 4.74 Å². The molecule has 6 nitrogen and oxygen atoms in total. The minimum absolute atomic E-state index is 0.0625. The van der Waals surface area contributed by atoms with E-state index < -0.39 is 0 Å². The number of hydrogen-bond acceptors (Lipinski definition) is 5. The van der Waals surface area contributed by atoms with Crippen molar-refractivity contribution in [3.63, 3.8) is 0 Å². The summed E-state index contributed by atoms with van der Waals surface area (Å²) in [6.07, 6.45) is 2.14. The van der Waals surface area contributed by atoms with Gasteiger partial charge in [-0.25, -0.2) is 0 Å². The summed E-state index contributed by atoms with van der Waals surface area (Å²) in [5.74, 6) is 0.598. The van der Waals surface area contributed by atoms with E-state index in [0.717, 1.165) is 37.1 Å². The van der Waals surface area contributed by atoms with Crippen LogP contribution in [0.1, 0.15) is 35.6 Å². The van der Waals surface area contributed by atoms with Gasteiger partial charge in [-0.3, -0.25) is 4.90 Å². The van der Waals surface area contributed by atoms with Crippen molar-refractivity contribution in [2.45, 2.75) is 38.1 Å². The number of aromatic nitrogens is 4. The second-order valence-corrected chi connectivity index (χ2v) is 9.40. The molecule has 1 fully saturated rings. The highest BCUT2D eigenvalue weighted by atomic mass is 35.5. The fourth-order valence-corrected chi connectivity index (χ4v) is 5.20. The summed E-state index contributed by atoms with van der Waals surface area (Å²) in [5, 5.41) is 15.5. The van der Waals surface area contributed by atoms with Gasteiger partial charge in [0.2, 0.25) is 5.82 Å². The van der Waals surface area contributed by atoms with Gasteiger partial charge in [0.1, 0.15) is 0 Å². The number of nitrogens with one attached hydrogen (secondary N) is 1. The molecular weight excluding hydrogens is 469 g/mol. The number of nitrogens with zero attached hydrogens (tertiary/aromatic N) is 4. The van der Waals surface area contributed by atoms with E-state index in [1.807, 2.05) is 24.3 Å². The minimum Gasteiger partial charge on any atom is -0.372 e. The number of tetrazole rings is 1. The molecule has 174 valence electrons. The number of aromatic amines is 1. The van der Waals surface area contributed by atoms with Crippen LogP contribution in [0.4, 0.5) is 0 Å². The van der Waals surface area contributed by atoms with Gasteiger partial charge in [0.25, 0.3) is 0 Å². The zero-order chi connectivity index (χ0) is 23.3. The largest absolute Gasteiger partial charge is 0.372 e. The Hall–Kier alpha value is -2.77. The van der Waals surface area contributed by atoms with Crippen LogP contribution in [-0.2, 0) is 17.9 Å². The predicted molar refractivity (Wildman–Crippen MR) is 133 cm³/mol. The first-order valence-corrected chi connectivity index (χ1v) is 12.1. The molecule has 1 N–H and O–H groups in total. The highest BCUT2D eigenvalue weighted by molar-refractivity contribution is 6.34. The average Bonchev–Trinajstić information content (AvgIpc) is 3.38. The second kappa shape index (κ2) is 10.7. The molecule has 0 spiro atoms. The Morgan fingerprint density at radius 1 is 0.941 bits per heavy atom. The number of benzene rings is 3. The third kappa shape index (κ3) is 5.47. The molecule has 1 saturated heterocycles. The number of H-pyrrole nitrogens is 1. The van der Waals surface area contributed by atoms with Gasteiger partial charge >= 0.3 is 0 Å². The molecule has 0 radical (unpaired) electrons. The van der Waals surface area contributed by atoms with Crippen molar-refractivity contribution in [2.75, 3.05) is 6.54 Å². The van der Waals surface area contributed by atoms with Crippen molar-refractivity contribution in [1.29, 1.82) is 0 Å². The molecule has 5 rings (SSSR count). The van der Waals surface area contributed by atoms with Crippen LogP contribution >= 0.6 is 23.2 Å². The lowest BCUT2D eigenvalue weighted by molar-refractivity contribution is -0.0553. The molecule has 1 aliphatic rings. The maximum Gasteiger partial charge on any atom is 0.204 e. The van der Waals surface area contributed by atoms with E-state index in [1.54, 1.807) is 6.07 Å². The number of halogens is 2. The van der Waals surface area contributed by atoms with E-state index in [1.165, 1.54) is 11.1 Å². The zero-order valence-electron chi connectivity index (χ0n) is 18.6. The minimum atomic E-state index is 0.0625. The van der Waals surface area contributed by atoms with Crippen molar-refractivity contribution in [3.05, 3.63) is 99.5 Å². The Morgan fingerprint density at radius 2 is 1.71 bits per heavy atom. The Morgan fingerprint density at radius 3 is 2.41 bits per heavy atom. The first-order valence-electron chi connectivity index (χ1n) is 11.3. The summed E-state index contributed by atoms with van der Waals surface area (Å²) in [6.45, 7) is 2.31. The SMILES string of the molecule is Clc1cc(Cl)cc(CO[C@H]2CCCN(Cc3ccc(-c4nn[nH]n4)cc3)[C@H]2c2ccccc2)c1. The van der Waals surface area contributed by atoms with Gasteiger partial charge in [0, 0.05) is 22.2 Å². The van der Waals surface area contributed by atoms with Gasteiger partial charge in [0.05, 0.1) is 18.8 Å². The van der Waals surface area contributed by atoms with E-state index >= 15 is 0 Å². The van der Waals surface area contributed by atoms with Crippen LogP contribution in [0.5, 0.6) is 0 Å². The summed E-state index contributed by atoms with van der Waals surface area (Å²) in [6, 6.07) is 24.7. The third-order valence-corrected chi connectivity index (χ3v) is 6.59. The van der Waals surface area contributed by atoms with Gasteiger partial charge in [-0.05, 0) is 59.5 Å². The molecule has 2 atom stereocenters. The topological polar surface area (TPSA) is 66.9 Å². The molecular formula is C26H25Cl2N5O. The van der Waals surface area contributed by atoms with Crippen LogP contribution in [0.15, 0.2) is 72.8 Å². The van der Waals surface area contributed by atoms with Crippen LogP contribution in [0.3, 0.4) is 0 Å². The highest BCUT2D eigenvalue weighted by Crippen LogP contribution is 2.35. The number of piperidine rings is 1. The normalized spacial score (nSPS) is 18.8. The molecule has 4 aromatic rings. The fraction of sp³-hybridized carbons (Fsp3) is 0.269. The van der Waals surface area contributed by atoms with Crippen molar-refractivity contribution in [3.8, 4) is 11.4 Å². The molecule has 0 unspecified atom stereocenters. The van der Waals surface area contributed by atoms with Gasteiger partial charge in [-0.1, -0.05) is 77.8 Å². The first kappa shape index (κ1) is 23.0. The van der Waals surface area contributed by atoms with E-state index in [-0.39, 0.29) is 12.1 Å². The molecule has 0 aliphatic carbocycles. The Bertz CT molecular complexity index is 1180. The van der Waals surface area contributed by atoms with Crippen LogP contribution in [0, 0.1) is 0 Å². The molecule has 8 heteroatoms. The van der Waals surface area contributed by atoms with E-state index in [2.05, 4.69) is 68.0 Å². The number of likely N-dealkylation sites (tertiary alicyclic amines) is 1. The maximum absolute atomic E-state index is 6.50. The van der Waals surface area contributed by atoms with Gasteiger partial charge in [-0.2, -0.15) is 5.21 Å². The average molecular weight is 494 g/mol. The lowest BCUT2D eigenvalue weighted by Crippen LogP contribution is -2.42. The molecule has 0 amide bonds. The van der Waals surface area contributed by atoms with E-state index in [9.17, 15) is 0 Å². The molecule has 0 bridgehead atoms. The summed E-state index contributed by atoms with van der Waals surface area (Å²) < 4.78 is 6.50. The third-order valence-electron chi connectivity index (χ3n) is 6.15. The first-order chi connectivity index (χ1) is 16.7. The summed E-state index contributed by atoms with van der Waals surface area (Å²) in [5.41, 5.74) is 4.42. The van der Waals surface area contributed by atoms with Crippen LogP contribution < -0.4 is 0 Å². The fourth-order valence-electron chi connectivity index (χ4n) is 4.63. The van der Waals surface area contributed by atoms with Gasteiger partial charge in [-0.15, -0.1) is 10.2 Å². The van der Waals surface area contributed by atoms with Crippen LogP contribution in [-0.4, -0.2) is 38.2 Å². The second-order valence-electron chi connectivity index (χ2n) is 8.53. The predicted octanol–water partition coefficient (Wildman–Crippen LogP) is 6.10. The monoisotopic (exact) mass is 493 g/mol. The number of ether oxygens (including phenoxy) is 1. The lowest BCUT2D eigenvalue weighted by Gasteiger charge is -2.41. The van der Waals surface area contributed by atoms with E-state index in [4.69, 9.17) is 27.9 Å². The summed E-state index contributed by atoms with van der Waals surface area (Å²) in [4.78, 5) is 2.51. The molecule has 34 heavy (non-hydrogen) atoms. The molecule has 0 saturated carbocycles.